The van der Waals surface area contributed by atoms with Crippen molar-refractivity contribution in [3.63, 3.8) is 0 Å². The average Bonchev–Trinajstić information content (AvgIpc) is 2.50. The minimum atomic E-state index is -0.443. The second kappa shape index (κ2) is 4.70. The lowest BCUT2D eigenvalue weighted by molar-refractivity contribution is 0.0519. The van der Waals surface area contributed by atoms with Crippen molar-refractivity contribution in [2.45, 2.75) is 37.7 Å². The molecule has 0 aliphatic carbocycles. The van der Waals surface area contributed by atoms with Crippen LogP contribution in [0.25, 0.3) is 0 Å². The Morgan fingerprint density at radius 2 is 2.27 bits per heavy atom. The summed E-state index contributed by atoms with van der Waals surface area (Å²) in [6, 6.07) is 0. The summed E-state index contributed by atoms with van der Waals surface area (Å²) in [5.41, 5.74) is 0.226. The van der Waals surface area contributed by atoms with Gasteiger partial charge >= 0.3 is 5.97 Å². The van der Waals surface area contributed by atoms with E-state index in [-0.39, 0.29) is 10.4 Å². The minimum Gasteiger partial charge on any atom is -0.461 e. The van der Waals surface area contributed by atoms with Crippen LogP contribution in [-0.4, -0.2) is 22.3 Å². The van der Waals surface area contributed by atoms with E-state index in [9.17, 15) is 4.79 Å². The largest absolute Gasteiger partial charge is 0.461 e. The molecule has 84 valence electrons. The smallest absolute Gasteiger partial charge is 0.360 e. The summed E-state index contributed by atoms with van der Waals surface area (Å²) in [5.74, 6) is -0.443. The van der Waals surface area contributed by atoms with E-state index in [2.05, 4.69) is 4.98 Å². The maximum absolute atomic E-state index is 11.3. The third-order valence-corrected chi connectivity index (χ3v) is 2.34. The van der Waals surface area contributed by atoms with Gasteiger partial charge in [0.2, 0.25) is 0 Å². The lowest BCUT2D eigenvalue weighted by Gasteiger charge is -2.13. The molecular weight excluding hydrogens is 214 g/mol. The quantitative estimate of drug-likeness (QED) is 0.589. The van der Waals surface area contributed by atoms with Gasteiger partial charge in [-0.05, 0) is 6.92 Å². The number of oxazole rings is 1. The molecule has 0 saturated carbocycles. The first-order chi connectivity index (χ1) is 6.92. The summed E-state index contributed by atoms with van der Waals surface area (Å²) in [5, 5.41) is 0.491. The Bertz CT molecular complexity index is 341. The lowest BCUT2D eigenvalue weighted by Crippen LogP contribution is -2.07. The molecule has 5 heteroatoms. The molecule has 1 heterocycles. The Labute approximate surface area is 93.4 Å². The summed E-state index contributed by atoms with van der Waals surface area (Å²) < 4.78 is 9.97. The second-order valence-corrected chi connectivity index (χ2v) is 5.71. The summed E-state index contributed by atoms with van der Waals surface area (Å²) in [6.45, 7) is 8.24. The first-order valence-electron chi connectivity index (χ1n) is 4.74. The molecule has 0 aliphatic rings. The van der Waals surface area contributed by atoms with Crippen molar-refractivity contribution in [3.05, 3.63) is 12.0 Å². The molecule has 0 saturated heterocycles. The maximum atomic E-state index is 11.3. The molecule has 0 bridgehead atoms. The number of thioether (sulfide) groups is 1. The summed E-state index contributed by atoms with van der Waals surface area (Å²) in [7, 11) is 0. The van der Waals surface area contributed by atoms with Gasteiger partial charge in [0.25, 0.3) is 5.22 Å². The number of carbonyl (C=O) groups is 1. The topological polar surface area (TPSA) is 52.3 Å². The fraction of sp³-hybridized carbons (Fsp3) is 0.600. The van der Waals surface area contributed by atoms with Gasteiger partial charge in [-0.3, -0.25) is 0 Å². The van der Waals surface area contributed by atoms with Crippen LogP contribution in [0.3, 0.4) is 0 Å². The molecule has 1 aromatic heterocycles. The zero-order valence-corrected chi connectivity index (χ0v) is 10.2. The first-order valence-corrected chi connectivity index (χ1v) is 5.55. The van der Waals surface area contributed by atoms with E-state index in [1.807, 2.05) is 20.8 Å². The van der Waals surface area contributed by atoms with Gasteiger partial charge in [0.05, 0.1) is 6.61 Å². The molecule has 1 rings (SSSR count). The Morgan fingerprint density at radius 3 is 2.80 bits per heavy atom. The van der Waals surface area contributed by atoms with Gasteiger partial charge < -0.3 is 9.15 Å². The van der Waals surface area contributed by atoms with Crippen LogP contribution in [0.15, 0.2) is 15.9 Å². The average molecular weight is 229 g/mol. The summed E-state index contributed by atoms with van der Waals surface area (Å²) in [4.78, 5) is 15.3. The third-order valence-electron chi connectivity index (χ3n) is 1.36. The van der Waals surface area contributed by atoms with Gasteiger partial charge in [0, 0.05) is 4.75 Å². The van der Waals surface area contributed by atoms with Crippen LogP contribution in [-0.2, 0) is 4.74 Å². The zero-order chi connectivity index (χ0) is 11.5. The molecule has 0 atom stereocenters. The summed E-state index contributed by atoms with van der Waals surface area (Å²) in [6.07, 6.45) is 1.33. The highest BCUT2D eigenvalue weighted by Crippen LogP contribution is 2.30. The van der Waals surface area contributed by atoms with Crippen LogP contribution < -0.4 is 0 Å². The van der Waals surface area contributed by atoms with Crippen LogP contribution in [0.1, 0.15) is 38.2 Å². The van der Waals surface area contributed by atoms with Gasteiger partial charge in [0.1, 0.15) is 6.26 Å². The Balaban J connectivity index is 2.68. The number of rotatable bonds is 3. The fourth-order valence-corrected chi connectivity index (χ4v) is 1.63. The molecule has 0 spiro atoms. The van der Waals surface area contributed by atoms with Gasteiger partial charge in [-0.15, -0.1) is 0 Å². The zero-order valence-electron chi connectivity index (χ0n) is 9.36. The predicted molar refractivity (Wildman–Crippen MR) is 58.1 cm³/mol. The molecule has 0 amide bonds. The third kappa shape index (κ3) is 3.95. The first kappa shape index (κ1) is 12.1. The van der Waals surface area contributed by atoms with Crippen molar-refractivity contribution in [1.29, 1.82) is 0 Å². The Kier molecular flexibility index (Phi) is 3.79. The van der Waals surface area contributed by atoms with E-state index in [1.54, 1.807) is 6.92 Å². The minimum absolute atomic E-state index is 0.0107. The van der Waals surface area contributed by atoms with Crippen molar-refractivity contribution in [1.82, 2.24) is 4.98 Å². The molecule has 4 nitrogen and oxygen atoms in total. The monoisotopic (exact) mass is 229 g/mol. The van der Waals surface area contributed by atoms with E-state index >= 15 is 0 Å². The number of ether oxygens (including phenoxy) is 1. The van der Waals surface area contributed by atoms with Gasteiger partial charge in [-0.25, -0.2) is 4.79 Å². The van der Waals surface area contributed by atoms with E-state index in [4.69, 9.17) is 9.15 Å². The second-order valence-electron chi connectivity index (χ2n) is 3.93. The summed E-state index contributed by atoms with van der Waals surface area (Å²) >= 11 is 1.47. The molecular formula is C10H15NO3S. The van der Waals surface area contributed by atoms with Gasteiger partial charge in [0.15, 0.2) is 5.69 Å². The van der Waals surface area contributed by atoms with Crippen LogP contribution in [0.2, 0.25) is 0 Å². The molecule has 15 heavy (non-hydrogen) atoms. The van der Waals surface area contributed by atoms with Crippen LogP contribution in [0.5, 0.6) is 0 Å². The molecule has 0 aliphatic heterocycles. The van der Waals surface area contributed by atoms with Crippen molar-refractivity contribution >= 4 is 17.7 Å². The number of esters is 1. The van der Waals surface area contributed by atoms with Crippen molar-refractivity contribution in [2.75, 3.05) is 6.61 Å². The van der Waals surface area contributed by atoms with Crippen molar-refractivity contribution < 1.29 is 13.9 Å². The fourth-order valence-electron chi connectivity index (χ4n) is 0.865. The van der Waals surface area contributed by atoms with E-state index in [0.717, 1.165) is 0 Å². The Hall–Kier alpha value is -0.970. The van der Waals surface area contributed by atoms with Crippen molar-refractivity contribution in [2.24, 2.45) is 0 Å². The number of carbonyl (C=O) groups excluding carboxylic acids is 1. The van der Waals surface area contributed by atoms with Crippen LogP contribution in [0.4, 0.5) is 0 Å². The van der Waals surface area contributed by atoms with Crippen LogP contribution in [0, 0.1) is 0 Å². The van der Waals surface area contributed by atoms with Gasteiger partial charge in [-0.1, -0.05) is 32.5 Å². The SMILES string of the molecule is CCOC(=O)c1coc(SC(C)(C)C)n1. The molecule has 0 N–H and O–H groups in total. The highest BCUT2D eigenvalue weighted by atomic mass is 32.2. The lowest BCUT2D eigenvalue weighted by atomic mass is 10.3. The van der Waals surface area contributed by atoms with E-state index in [0.29, 0.717) is 11.8 Å². The predicted octanol–water partition coefficient (Wildman–Crippen LogP) is 2.74. The van der Waals surface area contributed by atoms with E-state index in [1.165, 1.54) is 18.0 Å². The maximum Gasteiger partial charge on any atom is 0.360 e. The van der Waals surface area contributed by atoms with Crippen LogP contribution >= 0.6 is 11.8 Å². The van der Waals surface area contributed by atoms with E-state index < -0.39 is 5.97 Å². The number of nitrogens with zero attached hydrogens (tertiary/aromatic N) is 1. The number of hydrogen-bond acceptors (Lipinski definition) is 5. The molecule has 0 radical (unpaired) electrons. The molecule has 0 fully saturated rings. The molecule has 0 unspecified atom stereocenters. The molecule has 0 aromatic carbocycles. The Morgan fingerprint density at radius 1 is 1.60 bits per heavy atom. The normalized spacial score (nSPS) is 11.5. The van der Waals surface area contributed by atoms with Gasteiger partial charge in [-0.2, -0.15) is 4.98 Å². The highest BCUT2D eigenvalue weighted by Gasteiger charge is 2.19. The number of hydrogen-bond donors (Lipinski definition) is 0. The standard InChI is InChI=1S/C10H15NO3S/c1-5-13-8(12)7-6-14-9(11-7)15-10(2,3)4/h6H,5H2,1-4H3. The number of aromatic nitrogens is 1. The highest BCUT2D eigenvalue weighted by molar-refractivity contribution is 8.00. The molecule has 1 aromatic rings. The van der Waals surface area contributed by atoms with Crippen molar-refractivity contribution in [3.8, 4) is 0 Å².